The number of hydrogen-bond donors (Lipinski definition) is 1. The molecule has 0 spiro atoms. The Morgan fingerprint density at radius 2 is 2.05 bits per heavy atom. The zero-order valence-corrected chi connectivity index (χ0v) is 13.1. The SMILES string of the molecule is CC(Cn1c(=S)[nH]c2cc(Cl)c(F)cc21)C(C)(C)C. The van der Waals surface area contributed by atoms with E-state index in [4.69, 9.17) is 23.8 Å². The van der Waals surface area contributed by atoms with Gasteiger partial charge < -0.3 is 9.55 Å². The fourth-order valence-electron chi connectivity index (χ4n) is 1.88. The number of aromatic nitrogens is 2. The molecule has 2 aromatic rings. The first kappa shape index (κ1) is 14.5. The molecule has 0 aliphatic carbocycles. The number of benzene rings is 1. The van der Waals surface area contributed by atoms with Crippen molar-refractivity contribution < 1.29 is 4.39 Å². The number of aromatic amines is 1. The van der Waals surface area contributed by atoms with Crippen LogP contribution in [0.2, 0.25) is 5.02 Å². The molecule has 0 saturated carbocycles. The third-order valence-corrected chi connectivity index (χ3v) is 4.36. The van der Waals surface area contributed by atoms with Crippen LogP contribution in [0.25, 0.3) is 11.0 Å². The minimum absolute atomic E-state index is 0.111. The van der Waals surface area contributed by atoms with E-state index in [1.807, 2.05) is 4.57 Å². The van der Waals surface area contributed by atoms with Crippen LogP contribution in [0.15, 0.2) is 12.1 Å². The van der Waals surface area contributed by atoms with Gasteiger partial charge in [-0.3, -0.25) is 0 Å². The number of fused-ring (bicyclic) bond motifs is 1. The van der Waals surface area contributed by atoms with E-state index in [1.54, 1.807) is 6.07 Å². The molecule has 5 heteroatoms. The van der Waals surface area contributed by atoms with Crippen LogP contribution in [0.3, 0.4) is 0 Å². The monoisotopic (exact) mass is 300 g/mol. The summed E-state index contributed by atoms with van der Waals surface area (Å²) in [7, 11) is 0. The lowest BCUT2D eigenvalue weighted by Crippen LogP contribution is -2.22. The Morgan fingerprint density at radius 3 is 2.63 bits per heavy atom. The zero-order chi connectivity index (χ0) is 14.4. The van der Waals surface area contributed by atoms with Gasteiger partial charge in [-0.25, -0.2) is 4.39 Å². The molecule has 104 valence electrons. The second kappa shape index (κ2) is 4.91. The molecule has 0 aliphatic heterocycles. The first-order chi connectivity index (χ1) is 8.70. The van der Waals surface area contributed by atoms with Gasteiger partial charge in [-0.15, -0.1) is 0 Å². The topological polar surface area (TPSA) is 20.7 Å². The minimum Gasteiger partial charge on any atom is -0.331 e. The maximum absolute atomic E-state index is 13.6. The summed E-state index contributed by atoms with van der Waals surface area (Å²) in [6, 6.07) is 3.03. The number of hydrogen-bond acceptors (Lipinski definition) is 1. The maximum Gasteiger partial charge on any atom is 0.178 e. The number of rotatable bonds is 2. The largest absolute Gasteiger partial charge is 0.331 e. The highest BCUT2D eigenvalue weighted by Gasteiger charge is 2.21. The lowest BCUT2D eigenvalue weighted by molar-refractivity contribution is 0.234. The van der Waals surface area contributed by atoms with Gasteiger partial charge in [-0.1, -0.05) is 39.3 Å². The van der Waals surface area contributed by atoms with Gasteiger partial charge >= 0.3 is 0 Å². The van der Waals surface area contributed by atoms with Crippen molar-refractivity contribution in [1.82, 2.24) is 9.55 Å². The van der Waals surface area contributed by atoms with Crippen LogP contribution < -0.4 is 0 Å². The van der Waals surface area contributed by atoms with Gasteiger partial charge in [0.1, 0.15) is 5.82 Å². The van der Waals surface area contributed by atoms with Crippen molar-refractivity contribution in [3.63, 3.8) is 0 Å². The number of H-pyrrole nitrogens is 1. The molecule has 1 aromatic carbocycles. The highest BCUT2D eigenvalue weighted by molar-refractivity contribution is 7.71. The van der Waals surface area contributed by atoms with Crippen molar-refractivity contribution in [1.29, 1.82) is 0 Å². The Bertz CT molecular complexity index is 666. The van der Waals surface area contributed by atoms with Crippen molar-refractivity contribution in [2.45, 2.75) is 34.2 Å². The molecule has 0 bridgehead atoms. The number of halogens is 2. The first-order valence-electron chi connectivity index (χ1n) is 6.27. The second-order valence-corrected chi connectivity index (χ2v) is 6.89. The molecule has 1 unspecified atom stereocenters. The van der Waals surface area contributed by atoms with E-state index in [-0.39, 0.29) is 10.4 Å². The van der Waals surface area contributed by atoms with Gasteiger partial charge in [0.2, 0.25) is 0 Å². The summed E-state index contributed by atoms with van der Waals surface area (Å²) in [6.07, 6.45) is 0. The zero-order valence-electron chi connectivity index (χ0n) is 11.6. The van der Waals surface area contributed by atoms with E-state index >= 15 is 0 Å². The molecule has 2 rings (SSSR count). The van der Waals surface area contributed by atoms with Crippen molar-refractivity contribution in [3.8, 4) is 0 Å². The molecule has 1 aromatic heterocycles. The van der Waals surface area contributed by atoms with Gasteiger partial charge in [-0.2, -0.15) is 0 Å². The molecule has 1 N–H and O–H groups in total. The third-order valence-electron chi connectivity index (χ3n) is 3.75. The molecular formula is C14H18ClFN2S. The van der Waals surface area contributed by atoms with Gasteiger partial charge in [0.15, 0.2) is 4.77 Å². The van der Waals surface area contributed by atoms with Gasteiger partial charge in [-0.05, 0) is 29.6 Å². The predicted octanol–water partition coefficient (Wildman–Crippen LogP) is 5.17. The highest BCUT2D eigenvalue weighted by Crippen LogP contribution is 2.29. The molecule has 0 aliphatic rings. The van der Waals surface area contributed by atoms with Crippen LogP contribution in [0.1, 0.15) is 27.7 Å². The molecule has 0 fully saturated rings. The van der Waals surface area contributed by atoms with E-state index in [0.29, 0.717) is 10.7 Å². The van der Waals surface area contributed by atoms with E-state index in [9.17, 15) is 4.39 Å². The van der Waals surface area contributed by atoms with Crippen LogP contribution in [-0.4, -0.2) is 9.55 Å². The van der Waals surface area contributed by atoms with Crippen LogP contribution in [0.5, 0.6) is 0 Å². The Labute approximate surface area is 122 Å². The molecule has 0 radical (unpaired) electrons. The van der Waals surface area contributed by atoms with Gasteiger partial charge in [0, 0.05) is 12.6 Å². The average Bonchev–Trinajstić information content (AvgIpc) is 2.55. The Hall–Kier alpha value is -0.870. The number of nitrogens with zero attached hydrogens (tertiary/aromatic N) is 1. The van der Waals surface area contributed by atoms with E-state index in [2.05, 4.69) is 32.7 Å². The van der Waals surface area contributed by atoms with Crippen LogP contribution in [0, 0.1) is 21.9 Å². The third kappa shape index (κ3) is 2.84. The van der Waals surface area contributed by atoms with Crippen LogP contribution in [-0.2, 0) is 6.54 Å². The first-order valence-corrected chi connectivity index (χ1v) is 7.06. The molecular weight excluding hydrogens is 283 g/mol. The lowest BCUT2D eigenvalue weighted by atomic mass is 9.82. The Kier molecular flexibility index (Phi) is 3.76. The van der Waals surface area contributed by atoms with Crippen molar-refractivity contribution in [2.24, 2.45) is 11.3 Å². The van der Waals surface area contributed by atoms with E-state index < -0.39 is 5.82 Å². The summed E-state index contributed by atoms with van der Waals surface area (Å²) in [6.45, 7) is 9.49. The van der Waals surface area contributed by atoms with Crippen LogP contribution >= 0.6 is 23.8 Å². The highest BCUT2D eigenvalue weighted by atomic mass is 35.5. The minimum atomic E-state index is -0.416. The fourth-order valence-corrected chi connectivity index (χ4v) is 2.33. The van der Waals surface area contributed by atoms with E-state index in [0.717, 1.165) is 17.6 Å². The molecule has 2 nitrogen and oxygen atoms in total. The molecule has 0 saturated heterocycles. The van der Waals surface area contributed by atoms with E-state index in [1.165, 1.54) is 6.07 Å². The normalized spacial score (nSPS) is 14.0. The van der Waals surface area contributed by atoms with Crippen molar-refractivity contribution >= 4 is 34.9 Å². The summed E-state index contributed by atoms with van der Waals surface area (Å²) in [4.78, 5) is 3.08. The predicted molar refractivity (Wildman–Crippen MR) is 80.7 cm³/mol. The lowest BCUT2D eigenvalue weighted by Gasteiger charge is -2.27. The summed E-state index contributed by atoms with van der Waals surface area (Å²) < 4.78 is 16.2. The quantitative estimate of drug-likeness (QED) is 0.758. The number of imidazole rings is 1. The summed E-state index contributed by atoms with van der Waals surface area (Å²) in [5.41, 5.74) is 1.71. The maximum atomic E-state index is 13.6. The average molecular weight is 301 g/mol. The molecule has 19 heavy (non-hydrogen) atoms. The molecule has 1 heterocycles. The summed E-state index contributed by atoms with van der Waals surface area (Å²) in [5.74, 6) is -0.00253. The Balaban J connectivity index is 2.52. The molecule has 0 amide bonds. The van der Waals surface area contributed by atoms with Gasteiger partial charge in [0.25, 0.3) is 0 Å². The fraction of sp³-hybridized carbons (Fsp3) is 0.500. The van der Waals surface area contributed by atoms with Gasteiger partial charge in [0.05, 0.1) is 16.1 Å². The van der Waals surface area contributed by atoms with Crippen molar-refractivity contribution in [2.75, 3.05) is 0 Å². The second-order valence-electron chi connectivity index (χ2n) is 6.09. The standard InChI is InChI=1S/C14H18ClFN2S/c1-8(14(2,3)4)7-18-12-6-10(16)9(15)5-11(12)17-13(18)19/h5-6,8H,7H2,1-4H3,(H,17,19). The van der Waals surface area contributed by atoms with Crippen molar-refractivity contribution in [3.05, 3.63) is 27.7 Å². The summed E-state index contributed by atoms with van der Waals surface area (Å²) >= 11 is 11.1. The van der Waals surface area contributed by atoms with Crippen LogP contribution in [0.4, 0.5) is 4.39 Å². The summed E-state index contributed by atoms with van der Waals surface area (Å²) in [5, 5.41) is 0.111. The molecule has 1 atom stereocenters. The number of nitrogens with one attached hydrogen (secondary N) is 1. The smallest absolute Gasteiger partial charge is 0.178 e. The Morgan fingerprint density at radius 1 is 1.42 bits per heavy atom.